The molecule has 0 saturated carbocycles. The summed E-state index contributed by atoms with van der Waals surface area (Å²) in [6.07, 6.45) is -6.88. The molecule has 0 spiro atoms. The Bertz CT molecular complexity index is 1720. The van der Waals surface area contributed by atoms with Crippen LogP contribution in [-0.2, 0) is 42.1 Å². The van der Waals surface area contributed by atoms with Gasteiger partial charge in [-0.3, -0.25) is 4.79 Å². The van der Waals surface area contributed by atoms with Crippen LogP contribution in [-0.4, -0.2) is 154 Å². The van der Waals surface area contributed by atoms with E-state index in [9.17, 15) is 20.1 Å². The number of hydrogen-bond acceptors (Lipinski definition) is 15. The molecule has 0 aliphatic carbocycles. The molecule has 1 aromatic carbocycles. The normalized spacial score (nSPS) is 42.2. The summed E-state index contributed by atoms with van der Waals surface area (Å²) in [6.45, 7) is 30.9. The van der Waals surface area contributed by atoms with E-state index >= 15 is 0 Å². The van der Waals surface area contributed by atoms with Crippen molar-refractivity contribution >= 4 is 28.3 Å². The number of aliphatic hydroxyl groups excluding tert-OH is 1. The van der Waals surface area contributed by atoms with Gasteiger partial charge in [0.1, 0.15) is 17.8 Å². The molecule has 3 heterocycles. The van der Waals surface area contributed by atoms with Gasteiger partial charge in [0.15, 0.2) is 35.0 Å². The van der Waals surface area contributed by atoms with Crippen molar-refractivity contribution in [1.29, 1.82) is 0 Å². The number of carbonyl (C=O) groups is 1. The lowest BCUT2D eigenvalue weighted by atomic mass is 9.73. The summed E-state index contributed by atoms with van der Waals surface area (Å²) in [5, 5.41) is 42.2. The van der Waals surface area contributed by atoms with E-state index in [0.717, 1.165) is 0 Å². The molecular formula is C49H88N2O13Si2. The standard InChI is InChI=1S/C49H88N2O13Si2/c1-20-37-49(10,55)42(52)31(4)39(50-62-35-24-22-21-23-25-35)29(2)27-47(8,54)43(61-46-41(63-65(14,15)16)36(51(11)12)26-30(3)57-46)32(5)40(33(6)45(53)59-37)60-38-28-48(9,56-13)44(34(7)58-38)64-66(17,18)19/h21-25,29-34,36-38,40-44,46,52,54-55H,20,26-28H2,1-19H3/t29-,30+,31-,32-,33+,34-,36-,37+,38-,40-,41+,42+,43+,44-,46-,47?,48+,49+/m0/s1. The van der Waals surface area contributed by atoms with Crippen molar-refractivity contribution in [3.8, 4) is 5.75 Å². The molecule has 66 heavy (non-hydrogen) atoms. The van der Waals surface area contributed by atoms with Crippen LogP contribution >= 0.6 is 0 Å². The van der Waals surface area contributed by atoms with Crippen LogP contribution in [0.25, 0.3) is 0 Å². The van der Waals surface area contributed by atoms with Crippen molar-refractivity contribution in [1.82, 2.24) is 4.90 Å². The lowest BCUT2D eigenvalue weighted by Gasteiger charge is -2.51. The number of aliphatic hydroxyl groups is 3. The van der Waals surface area contributed by atoms with E-state index in [0.29, 0.717) is 17.9 Å². The van der Waals surface area contributed by atoms with E-state index < -0.39 is 118 Å². The van der Waals surface area contributed by atoms with Gasteiger partial charge in [-0.1, -0.05) is 51.0 Å². The number of ether oxygens (including phenoxy) is 6. The van der Waals surface area contributed by atoms with Gasteiger partial charge in [0, 0.05) is 37.3 Å². The SMILES string of the molecule is CC[C@H]1OC(=O)[C@H](C)[C@@H](O[C@H]2C[C@@](C)(OC)[C@@H](O[Si](C)(C)C)[C@H](C)O2)[C@H](C)[C@@H](O[C@@H]2O[C@H](C)C[C@H](N(C)C)[C@H]2O[Si](C)(C)C)C(C)(O)C[C@H](C)C(=NOc2ccccc2)[C@H](C)[C@@H](O)[C@]1(C)O. The molecule has 3 aliphatic heterocycles. The molecular weight excluding hydrogens is 881 g/mol. The Labute approximate surface area is 398 Å². The van der Waals surface area contributed by atoms with E-state index in [1.165, 1.54) is 6.92 Å². The number of carbonyl (C=O) groups excluding carboxylic acids is 1. The molecule has 1 unspecified atom stereocenters. The number of para-hydroxylation sites is 1. The van der Waals surface area contributed by atoms with E-state index in [1.807, 2.05) is 66.9 Å². The molecule has 3 aliphatic rings. The summed E-state index contributed by atoms with van der Waals surface area (Å²) < 4.78 is 53.6. The van der Waals surface area contributed by atoms with E-state index in [1.54, 1.807) is 46.9 Å². The molecule has 3 N–H and O–H groups in total. The Balaban J connectivity index is 1.94. The van der Waals surface area contributed by atoms with Crippen LogP contribution in [0.1, 0.15) is 94.9 Å². The highest BCUT2D eigenvalue weighted by atomic mass is 28.4. The van der Waals surface area contributed by atoms with Crippen LogP contribution < -0.4 is 4.84 Å². The summed E-state index contributed by atoms with van der Waals surface area (Å²) in [7, 11) is 1.42. The fourth-order valence-corrected chi connectivity index (χ4v) is 12.6. The molecule has 4 rings (SSSR count). The quantitative estimate of drug-likeness (QED) is 0.102. The van der Waals surface area contributed by atoms with Gasteiger partial charge in [0.25, 0.3) is 0 Å². The first kappa shape index (κ1) is 56.7. The van der Waals surface area contributed by atoms with Crippen LogP contribution in [0.4, 0.5) is 0 Å². The molecule has 0 aromatic heterocycles. The van der Waals surface area contributed by atoms with Crippen molar-refractivity contribution in [3.63, 3.8) is 0 Å². The minimum absolute atomic E-state index is 0.0499. The fourth-order valence-electron chi connectivity index (χ4n) is 10.3. The van der Waals surface area contributed by atoms with Gasteiger partial charge >= 0.3 is 5.97 Å². The average molecular weight is 969 g/mol. The molecule has 3 fully saturated rings. The largest absolute Gasteiger partial charge is 0.459 e. The highest BCUT2D eigenvalue weighted by molar-refractivity contribution is 6.70. The smallest absolute Gasteiger partial charge is 0.311 e. The zero-order valence-corrected chi connectivity index (χ0v) is 45.7. The molecule has 18 atom stereocenters. The predicted octanol–water partition coefficient (Wildman–Crippen LogP) is 7.37. The third-order valence-electron chi connectivity index (χ3n) is 13.8. The molecule has 0 bridgehead atoms. The first-order valence-electron chi connectivity index (χ1n) is 24.2. The molecule has 17 heteroatoms. The lowest BCUT2D eigenvalue weighted by molar-refractivity contribution is -0.315. The topological polar surface area (TPSA) is 176 Å². The van der Waals surface area contributed by atoms with E-state index in [-0.39, 0.29) is 31.4 Å². The lowest BCUT2D eigenvalue weighted by Crippen LogP contribution is -2.62. The van der Waals surface area contributed by atoms with Crippen molar-refractivity contribution in [2.45, 2.75) is 218 Å². The first-order valence-corrected chi connectivity index (χ1v) is 31.0. The van der Waals surface area contributed by atoms with Gasteiger partial charge in [-0.15, -0.1) is 0 Å². The average Bonchev–Trinajstić information content (AvgIpc) is 3.21. The third kappa shape index (κ3) is 14.2. The van der Waals surface area contributed by atoms with Crippen LogP contribution in [0, 0.1) is 23.7 Å². The van der Waals surface area contributed by atoms with E-state index in [2.05, 4.69) is 49.3 Å². The van der Waals surface area contributed by atoms with Gasteiger partial charge in [-0.2, -0.15) is 0 Å². The van der Waals surface area contributed by atoms with Crippen molar-refractivity contribution in [2.75, 3.05) is 21.2 Å². The van der Waals surface area contributed by atoms with Crippen LogP contribution in [0.3, 0.4) is 0 Å². The highest BCUT2D eigenvalue weighted by Crippen LogP contribution is 2.42. The second-order valence-corrected chi connectivity index (χ2v) is 31.3. The number of nitrogens with zero attached hydrogens (tertiary/aromatic N) is 2. The van der Waals surface area contributed by atoms with Crippen LogP contribution in [0.5, 0.6) is 5.75 Å². The maximum Gasteiger partial charge on any atom is 0.311 e. The molecule has 380 valence electrons. The monoisotopic (exact) mass is 969 g/mol. The molecule has 0 amide bonds. The summed E-state index contributed by atoms with van der Waals surface area (Å²) in [4.78, 5) is 22.8. The number of benzene rings is 1. The fraction of sp³-hybridized carbons (Fsp3) is 0.837. The number of esters is 1. The summed E-state index contributed by atoms with van der Waals surface area (Å²) >= 11 is 0. The Morgan fingerprint density at radius 3 is 1.98 bits per heavy atom. The zero-order chi connectivity index (χ0) is 49.9. The summed E-state index contributed by atoms with van der Waals surface area (Å²) in [5.74, 6) is -3.35. The van der Waals surface area contributed by atoms with Crippen LogP contribution in [0.2, 0.25) is 39.3 Å². The maximum absolute atomic E-state index is 14.7. The van der Waals surface area contributed by atoms with Crippen molar-refractivity contribution < 1.29 is 62.2 Å². The number of hydrogen-bond donors (Lipinski definition) is 3. The third-order valence-corrected chi connectivity index (χ3v) is 15.7. The number of rotatable bonds is 13. The molecule has 1 aromatic rings. The Hall–Kier alpha value is -1.85. The number of oxime groups is 1. The van der Waals surface area contributed by atoms with Gasteiger partial charge in [0.2, 0.25) is 0 Å². The zero-order valence-electron chi connectivity index (χ0n) is 43.7. The minimum Gasteiger partial charge on any atom is -0.459 e. The molecule has 0 radical (unpaired) electrons. The Morgan fingerprint density at radius 1 is 0.833 bits per heavy atom. The first-order chi connectivity index (χ1) is 30.4. The molecule has 15 nitrogen and oxygen atoms in total. The minimum atomic E-state index is -2.22. The highest BCUT2D eigenvalue weighted by Gasteiger charge is 2.54. The van der Waals surface area contributed by atoms with Gasteiger partial charge in [0.05, 0.1) is 59.5 Å². The van der Waals surface area contributed by atoms with Crippen molar-refractivity contribution in [3.05, 3.63) is 30.3 Å². The van der Waals surface area contributed by atoms with Gasteiger partial charge in [-0.05, 0) is 126 Å². The Kier molecular flexibility index (Phi) is 19.3. The van der Waals surface area contributed by atoms with Gasteiger partial charge in [-0.25, -0.2) is 0 Å². The maximum atomic E-state index is 14.7. The second kappa shape index (κ2) is 22.5. The summed E-state index contributed by atoms with van der Waals surface area (Å²) in [5.41, 5.74) is -4.07. The van der Waals surface area contributed by atoms with Gasteiger partial charge < -0.3 is 62.3 Å². The number of methoxy groups -OCH3 is 1. The predicted molar refractivity (Wildman–Crippen MR) is 260 cm³/mol. The van der Waals surface area contributed by atoms with Crippen molar-refractivity contribution in [2.24, 2.45) is 28.8 Å². The second-order valence-electron chi connectivity index (χ2n) is 22.4. The number of cyclic esters (lactones) is 1. The summed E-state index contributed by atoms with van der Waals surface area (Å²) in [6, 6.07) is 8.97. The Morgan fingerprint density at radius 2 is 1.44 bits per heavy atom. The molecule has 3 saturated heterocycles. The number of likely N-dealkylation sites (N-methyl/N-ethyl adjacent to an activating group) is 1. The van der Waals surface area contributed by atoms with Crippen LogP contribution in [0.15, 0.2) is 35.5 Å². The van der Waals surface area contributed by atoms with E-state index in [4.69, 9.17) is 42.1 Å².